The van der Waals surface area contributed by atoms with Crippen LogP contribution in [0.3, 0.4) is 0 Å². The van der Waals surface area contributed by atoms with Gasteiger partial charge in [0.2, 0.25) is 5.96 Å². The maximum atomic E-state index is 12.4. The molecule has 0 aromatic carbocycles. The van der Waals surface area contributed by atoms with E-state index in [1.165, 1.54) is 4.88 Å². The largest absolute Gasteiger partial charge is 0.496 e. The Morgan fingerprint density at radius 1 is 1.40 bits per heavy atom. The lowest BCUT2D eigenvalue weighted by Crippen LogP contribution is -2.51. The van der Waals surface area contributed by atoms with Gasteiger partial charge in [0.15, 0.2) is 12.5 Å². The molecule has 11 heteroatoms. The summed E-state index contributed by atoms with van der Waals surface area (Å²) in [6.45, 7) is 0.609. The van der Waals surface area contributed by atoms with Crippen molar-refractivity contribution in [2.24, 2.45) is 4.99 Å². The molecule has 1 saturated heterocycles. The highest BCUT2D eigenvalue weighted by molar-refractivity contribution is 7.10. The van der Waals surface area contributed by atoms with Gasteiger partial charge in [-0.1, -0.05) is 24.3 Å². The van der Waals surface area contributed by atoms with E-state index in [-0.39, 0.29) is 11.4 Å². The first-order valence-corrected chi connectivity index (χ1v) is 11.9. The molecule has 1 fully saturated rings. The predicted octanol–water partition coefficient (Wildman–Crippen LogP) is 3.89. The number of hydrogen-bond acceptors (Lipinski definition) is 6. The Labute approximate surface area is 207 Å². The molecule has 190 valence electrons. The van der Waals surface area contributed by atoms with Gasteiger partial charge in [0, 0.05) is 29.9 Å². The molecule has 0 amide bonds. The molecule has 7 nitrogen and oxygen atoms in total. The van der Waals surface area contributed by atoms with Crippen LogP contribution in [0, 0.1) is 11.5 Å². The number of ether oxygens (including phenoxy) is 1. The smallest absolute Gasteiger partial charge is 0.408 e. The summed E-state index contributed by atoms with van der Waals surface area (Å²) in [7, 11) is 3.46. The number of nitrogens with one attached hydrogen (secondary N) is 2. The molecule has 3 rings (SSSR count). The van der Waals surface area contributed by atoms with Crippen molar-refractivity contribution >= 4 is 23.6 Å². The third kappa shape index (κ3) is 8.56. The van der Waals surface area contributed by atoms with E-state index in [9.17, 15) is 18.0 Å². The third-order valence-electron chi connectivity index (χ3n) is 5.64. The second kappa shape index (κ2) is 13.7. The Kier molecular flexibility index (Phi) is 11.0. The zero-order chi connectivity index (χ0) is 25.7. The van der Waals surface area contributed by atoms with Gasteiger partial charge in [0.25, 0.3) is 0 Å². The van der Waals surface area contributed by atoms with Crippen LogP contribution in [-0.2, 0) is 14.9 Å². The fourth-order valence-electron chi connectivity index (χ4n) is 3.93. The number of nitrogens with zero attached hydrogens (tertiary/aromatic N) is 3. The summed E-state index contributed by atoms with van der Waals surface area (Å²) in [6.07, 6.45) is 7.93. The third-order valence-corrected chi connectivity index (χ3v) is 6.76. The van der Waals surface area contributed by atoms with Crippen LogP contribution in [-0.4, -0.2) is 63.7 Å². The number of thiophene rings is 1. The Hall–Kier alpha value is -3.10. The van der Waals surface area contributed by atoms with Gasteiger partial charge < -0.3 is 15.0 Å². The molecular formula is C24H30F3N5O2S. The van der Waals surface area contributed by atoms with Crippen LogP contribution in [0.5, 0.6) is 0 Å². The second-order valence-electron chi connectivity index (χ2n) is 7.94. The van der Waals surface area contributed by atoms with Gasteiger partial charge >= 0.3 is 6.18 Å². The molecule has 2 aliphatic rings. The van der Waals surface area contributed by atoms with E-state index in [0.717, 1.165) is 32.1 Å². The van der Waals surface area contributed by atoms with Crippen LogP contribution in [0.2, 0.25) is 0 Å². The van der Waals surface area contributed by atoms with E-state index in [0.29, 0.717) is 24.4 Å². The number of aldehydes is 1. The summed E-state index contributed by atoms with van der Waals surface area (Å²) < 4.78 is 42.2. The molecule has 0 radical (unpaired) electrons. The SMILES string of the molecule is CNCC1(c2cccs2)CCN(C(=NCC(F)(F)F)NC#N)CC1.COC1=CC=CCC=C1C=O. The van der Waals surface area contributed by atoms with Gasteiger partial charge in [0.05, 0.1) is 12.7 Å². The van der Waals surface area contributed by atoms with Gasteiger partial charge in [0.1, 0.15) is 12.3 Å². The average molecular weight is 510 g/mol. The number of piperidine rings is 1. The number of guanidine groups is 1. The number of likely N-dealkylation sites (N-methyl/N-ethyl adjacent to an activating group) is 1. The fourth-order valence-corrected chi connectivity index (χ4v) is 4.91. The van der Waals surface area contributed by atoms with Crippen LogP contribution in [0.25, 0.3) is 0 Å². The lowest BCUT2D eigenvalue weighted by Gasteiger charge is -2.42. The van der Waals surface area contributed by atoms with Crippen LogP contribution in [0.4, 0.5) is 13.2 Å². The van der Waals surface area contributed by atoms with Gasteiger partial charge in [-0.05, 0) is 43.8 Å². The highest BCUT2D eigenvalue weighted by Crippen LogP contribution is 2.37. The quantitative estimate of drug-likeness (QED) is 0.199. The van der Waals surface area contributed by atoms with E-state index in [2.05, 4.69) is 21.7 Å². The van der Waals surface area contributed by atoms with Crippen molar-refractivity contribution in [3.8, 4) is 6.19 Å². The minimum Gasteiger partial charge on any atom is -0.496 e. The summed E-state index contributed by atoms with van der Waals surface area (Å²) in [5.41, 5.74) is 0.596. The summed E-state index contributed by atoms with van der Waals surface area (Å²) in [5, 5.41) is 16.3. The van der Waals surface area contributed by atoms with Gasteiger partial charge in [-0.25, -0.2) is 4.99 Å². The molecule has 1 aromatic heterocycles. The van der Waals surface area contributed by atoms with E-state index in [4.69, 9.17) is 10.00 Å². The zero-order valence-electron chi connectivity index (χ0n) is 19.8. The summed E-state index contributed by atoms with van der Waals surface area (Å²) in [5.74, 6) is 0.632. The van der Waals surface area contributed by atoms with Crippen molar-refractivity contribution in [1.29, 1.82) is 5.26 Å². The lowest BCUT2D eigenvalue weighted by atomic mass is 9.77. The Morgan fingerprint density at radius 2 is 2.14 bits per heavy atom. The highest BCUT2D eigenvalue weighted by atomic mass is 32.1. The van der Waals surface area contributed by atoms with E-state index in [1.807, 2.05) is 36.7 Å². The van der Waals surface area contributed by atoms with Gasteiger partial charge in [-0.2, -0.15) is 18.4 Å². The summed E-state index contributed by atoms with van der Waals surface area (Å²) >= 11 is 1.70. The monoisotopic (exact) mass is 509 g/mol. The molecule has 0 saturated carbocycles. The van der Waals surface area contributed by atoms with Crippen LogP contribution >= 0.6 is 11.3 Å². The molecule has 1 aliphatic carbocycles. The average Bonchev–Trinajstić information content (AvgIpc) is 3.29. The number of nitriles is 1. The summed E-state index contributed by atoms with van der Waals surface area (Å²) in [4.78, 5) is 17.0. The second-order valence-corrected chi connectivity index (χ2v) is 8.89. The van der Waals surface area contributed by atoms with Gasteiger partial charge in [-0.15, -0.1) is 11.3 Å². The fraction of sp³-hybridized carbons (Fsp3) is 0.458. The lowest BCUT2D eigenvalue weighted by molar-refractivity contribution is -0.118. The number of halogens is 3. The number of aliphatic imine (C=N–C) groups is 1. The van der Waals surface area contributed by atoms with Crippen LogP contribution in [0.1, 0.15) is 24.1 Å². The number of carbonyl (C=O) groups is 1. The number of allylic oxidation sites excluding steroid dienone is 5. The molecular weight excluding hydrogens is 479 g/mol. The first kappa shape index (κ1) is 28.1. The predicted molar refractivity (Wildman–Crippen MR) is 131 cm³/mol. The van der Waals surface area contributed by atoms with Crippen molar-refractivity contribution in [3.63, 3.8) is 0 Å². The number of hydrogen-bond donors (Lipinski definition) is 2. The first-order chi connectivity index (χ1) is 16.8. The van der Waals surface area contributed by atoms with Crippen molar-refractivity contribution in [2.75, 3.05) is 40.3 Å². The number of alkyl halides is 3. The minimum atomic E-state index is -4.38. The molecule has 2 N–H and O–H groups in total. The molecule has 0 atom stereocenters. The first-order valence-electron chi connectivity index (χ1n) is 11.0. The normalized spacial score (nSPS) is 17.7. The van der Waals surface area contributed by atoms with Crippen molar-refractivity contribution in [1.82, 2.24) is 15.5 Å². The Bertz CT molecular complexity index is 970. The molecule has 0 unspecified atom stereocenters. The van der Waals surface area contributed by atoms with Crippen molar-refractivity contribution < 1.29 is 22.7 Å². The Morgan fingerprint density at radius 3 is 2.69 bits per heavy atom. The molecule has 35 heavy (non-hydrogen) atoms. The number of carbonyl (C=O) groups excluding carboxylic acids is 1. The molecule has 1 aliphatic heterocycles. The standard InChI is InChI=1S/C15H20F3N5S.C9H10O2/c1-20-9-14(12-3-2-8-24-12)4-6-23(7-5-14)13(22-11-19)21-10-15(16,17)18;1-11-9-6-4-2-3-5-8(9)7-10/h2-3,8,20H,4-7,9-10H2,1H3,(H,21,22);2,4-7H,3H2,1H3. The molecule has 0 spiro atoms. The highest BCUT2D eigenvalue weighted by Gasteiger charge is 2.37. The summed E-state index contributed by atoms with van der Waals surface area (Å²) in [6, 6.07) is 4.11. The zero-order valence-corrected chi connectivity index (χ0v) is 20.6. The number of methoxy groups -OCH3 is 1. The maximum Gasteiger partial charge on any atom is 0.408 e. The van der Waals surface area contributed by atoms with Crippen molar-refractivity contribution in [3.05, 3.63) is 58.0 Å². The van der Waals surface area contributed by atoms with Gasteiger partial charge in [-0.3, -0.25) is 10.1 Å². The topological polar surface area (TPSA) is 89.8 Å². The minimum absolute atomic E-state index is 0.000868. The number of likely N-dealkylation sites (tertiary alicyclic amines) is 1. The van der Waals surface area contributed by atoms with Crippen LogP contribution in [0.15, 0.2) is 58.1 Å². The molecule has 0 bridgehead atoms. The Balaban J connectivity index is 0.000000328. The number of rotatable bonds is 6. The van der Waals surface area contributed by atoms with Crippen LogP contribution < -0.4 is 10.6 Å². The van der Waals surface area contributed by atoms with E-state index < -0.39 is 12.7 Å². The maximum absolute atomic E-state index is 12.4. The van der Waals surface area contributed by atoms with Crippen molar-refractivity contribution in [2.45, 2.75) is 30.9 Å². The molecule has 1 aromatic rings. The van der Waals surface area contributed by atoms with E-state index in [1.54, 1.807) is 35.6 Å². The molecule has 2 heterocycles. The van der Waals surface area contributed by atoms with E-state index >= 15 is 0 Å².